The molecule has 0 radical (unpaired) electrons. The monoisotopic (exact) mass is 427 g/mol. The maximum absolute atomic E-state index is 13.3. The van der Waals surface area contributed by atoms with Crippen LogP contribution in [-0.4, -0.2) is 35.0 Å². The van der Waals surface area contributed by atoms with Gasteiger partial charge in [0.05, 0.1) is 11.8 Å². The van der Waals surface area contributed by atoms with Gasteiger partial charge in [0, 0.05) is 31.2 Å². The van der Waals surface area contributed by atoms with E-state index in [1.54, 1.807) is 0 Å². The van der Waals surface area contributed by atoms with Crippen LogP contribution in [0.25, 0.3) is 0 Å². The molecule has 4 fully saturated rings. The molecule has 4 saturated carbocycles. The molecule has 31 heavy (non-hydrogen) atoms. The largest absolute Gasteiger partial charge is 0.393 e. The third-order valence-electron chi connectivity index (χ3n) is 10.9. The van der Waals surface area contributed by atoms with Crippen LogP contribution in [0.4, 0.5) is 0 Å². The summed E-state index contributed by atoms with van der Waals surface area (Å²) in [5.74, 6) is 3.57. The molecule has 4 heteroatoms. The molecule has 0 aromatic heterocycles. The normalized spacial score (nSPS) is 50.9. The van der Waals surface area contributed by atoms with Crippen molar-refractivity contribution in [2.45, 2.75) is 91.6 Å². The van der Waals surface area contributed by atoms with Crippen molar-refractivity contribution < 1.29 is 14.7 Å². The molecule has 4 aliphatic carbocycles. The van der Waals surface area contributed by atoms with Gasteiger partial charge in [-0.1, -0.05) is 27.7 Å². The third kappa shape index (κ3) is 3.21. The Bertz CT molecular complexity index is 804. The number of nitrogens with zero attached hydrogens (tertiary/aromatic N) is 1. The molecule has 0 bridgehead atoms. The molecule has 172 valence electrons. The number of Topliss-reactive ketones (excluding diaryl/α,β-unsaturated/α-hetero) is 2. The second kappa shape index (κ2) is 7.50. The molecule has 5 rings (SSSR count). The lowest BCUT2D eigenvalue weighted by molar-refractivity contribution is -0.159. The van der Waals surface area contributed by atoms with Gasteiger partial charge in [0.15, 0.2) is 5.78 Å². The highest BCUT2D eigenvalue weighted by Gasteiger charge is 2.62. The number of aliphatic hydroxyl groups is 1. The summed E-state index contributed by atoms with van der Waals surface area (Å²) in [7, 11) is 0. The first-order valence-electron chi connectivity index (χ1n) is 12.9. The summed E-state index contributed by atoms with van der Waals surface area (Å²) in [5.41, 5.74) is 1.15. The van der Waals surface area contributed by atoms with Crippen molar-refractivity contribution in [1.82, 2.24) is 0 Å². The number of carbonyl (C=O) groups excluding carboxylic acids is 2. The zero-order valence-corrected chi connectivity index (χ0v) is 19.9. The molecule has 10 atom stereocenters. The molecule has 1 aliphatic heterocycles. The molecule has 5 aliphatic rings. The van der Waals surface area contributed by atoms with E-state index >= 15 is 0 Å². The topological polar surface area (TPSA) is 66.7 Å². The van der Waals surface area contributed by atoms with Crippen molar-refractivity contribution in [2.75, 3.05) is 6.54 Å². The van der Waals surface area contributed by atoms with Crippen LogP contribution < -0.4 is 0 Å². The average molecular weight is 428 g/mol. The molecule has 1 heterocycles. The summed E-state index contributed by atoms with van der Waals surface area (Å²) in [4.78, 5) is 30.8. The van der Waals surface area contributed by atoms with Crippen LogP contribution in [0.5, 0.6) is 0 Å². The van der Waals surface area contributed by atoms with Gasteiger partial charge in [-0.25, -0.2) is 0 Å². The lowest BCUT2D eigenvalue weighted by Crippen LogP contribution is -2.57. The summed E-state index contributed by atoms with van der Waals surface area (Å²) in [6.45, 7) is 10.0. The number of aliphatic hydroxyl groups excluding tert-OH is 1. The Balaban J connectivity index is 1.40. The van der Waals surface area contributed by atoms with Crippen LogP contribution in [0.2, 0.25) is 0 Å². The first-order chi connectivity index (χ1) is 14.6. The highest BCUT2D eigenvalue weighted by molar-refractivity contribution is 6.41. The zero-order chi connectivity index (χ0) is 22.1. The number of hydrogen-bond acceptors (Lipinski definition) is 4. The van der Waals surface area contributed by atoms with Crippen LogP contribution in [0, 0.1) is 52.3 Å². The first kappa shape index (κ1) is 21.8. The minimum Gasteiger partial charge on any atom is -0.393 e. The predicted octanol–water partition coefficient (Wildman–Crippen LogP) is 4.87. The van der Waals surface area contributed by atoms with Gasteiger partial charge < -0.3 is 5.11 Å². The lowest BCUT2D eigenvalue weighted by atomic mass is 9.44. The lowest BCUT2D eigenvalue weighted by Gasteiger charge is -2.60. The van der Waals surface area contributed by atoms with Crippen LogP contribution in [0.3, 0.4) is 0 Å². The molecule has 0 aromatic rings. The van der Waals surface area contributed by atoms with E-state index in [4.69, 9.17) is 4.99 Å². The van der Waals surface area contributed by atoms with Gasteiger partial charge in [-0.3, -0.25) is 14.6 Å². The highest BCUT2D eigenvalue weighted by Crippen LogP contribution is 2.67. The van der Waals surface area contributed by atoms with Gasteiger partial charge in [-0.05, 0) is 85.4 Å². The number of fused-ring (bicyclic) bond motifs is 5. The molecule has 0 spiro atoms. The van der Waals surface area contributed by atoms with Crippen molar-refractivity contribution in [2.24, 2.45) is 57.2 Å². The molecule has 0 aromatic carbocycles. The fraction of sp³-hybridized carbons (Fsp3) is 0.889. The zero-order valence-electron chi connectivity index (χ0n) is 19.9. The Morgan fingerprint density at radius 2 is 1.71 bits per heavy atom. The minimum atomic E-state index is -0.291. The van der Waals surface area contributed by atoms with Gasteiger partial charge in [0.2, 0.25) is 0 Å². The van der Waals surface area contributed by atoms with E-state index < -0.39 is 0 Å². The minimum absolute atomic E-state index is 0.0641. The fourth-order valence-corrected chi connectivity index (χ4v) is 9.30. The second-order valence-corrected chi connectivity index (χ2v) is 12.5. The summed E-state index contributed by atoms with van der Waals surface area (Å²) >= 11 is 0. The molecule has 0 saturated heterocycles. The van der Waals surface area contributed by atoms with Crippen LogP contribution in [0.15, 0.2) is 4.99 Å². The molecular weight excluding hydrogens is 386 g/mol. The number of rotatable bonds is 2. The Kier molecular flexibility index (Phi) is 5.27. The summed E-state index contributed by atoms with van der Waals surface area (Å²) in [5, 5.41) is 10.2. The van der Waals surface area contributed by atoms with Crippen LogP contribution in [-0.2, 0) is 9.59 Å². The smallest absolute Gasteiger partial charge is 0.177 e. The van der Waals surface area contributed by atoms with Gasteiger partial charge in [0.1, 0.15) is 5.78 Å². The van der Waals surface area contributed by atoms with Crippen molar-refractivity contribution >= 4 is 17.3 Å². The molecular formula is C27H41NO3. The fourth-order valence-electron chi connectivity index (χ4n) is 9.30. The molecule has 4 nitrogen and oxygen atoms in total. The Morgan fingerprint density at radius 3 is 2.45 bits per heavy atom. The highest BCUT2D eigenvalue weighted by atomic mass is 16.3. The van der Waals surface area contributed by atoms with E-state index in [2.05, 4.69) is 27.7 Å². The SMILES string of the molecule is C[C@H]1CN=C([C@H](C)[C@H]2CC[C@H]3[C@@H]4CC(=O)[C@H]5C[C@@H](O)CC[C@]5(C)[C@H]4CC[C@]23C)C(=O)C1. The van der Waals surface area contributed by atoms with Gasteiger partial charge in [-0.2, -0.15) is 0 Å². The van der Waals surface area contributed by atoms with E-state index in [9.17, 15) is 14.7 Å². The molecule has 0 unspecified atom stereocenters. The number of ketones is 2. The first-order valence-corrected chi connectivity index (χ1v) is 12.9. The maximum Gasteiger partial charge on any atom is 0.177 e. The van der Waals surface area contributed by atoms with E-state index in [-0.39, 0.29) is 34.6 Å². The Labute approximate surface area is 187 Å². The van der Waals surface area contributed by atoms with Crippen molar-refractivity contribution in [3.63, 3.8) is 0 Å². The standard InChI is InChI=1S/C27H41NO3/c1-15-11-24(31)25(28-14-15)16(2)19-5-6-20-18-13-23(30)22-12-17(29)7-9-27(22,4)21(18)8-10-26(19,20)3/h15-22,29H,5-14H2,1-4H3/t15-,16-,17+,18+,19-,20+,21+,22-,26-,27-/m1/s1. The van der Waals surface area contributed by atoms with Crippen LogP contribution >= 0.6 is 0 Å². The van der Waals surface area contributed by atoms with E-state index in [0.717, 1.165) is 31.5 Å². The average Bonchev–Trinajstić information content (AvgIpc) is 3.06. The van der Waals surface area contributed by atoms with Gasteiger partial charge in [0.25, 0.3) is 0 Å². The Hall–Kier alpha value is -1.03. The number of carbonyl (C=O) groups is 2. The third-order valence-corrected chi connectivity index (χ3v) is 10.9. The van der Waals surface area contributed by atoms with Crippen molar-refractivity contribution in [3.05, 3.63) is 0 Å². The molecule has 0 amide bonds. The van der Waals surface area contributed by atoms with Gasteiger partial charge in [-0.15, -0.1) is 0 Å². The summed E-state index contributed by atoms with van der Waals surface area (Å²) in [6, 6.07) is 0. The van der Waals surface area contributed by atoms with E-state index in [0.29, 0.717) is 48.2 Å². The van der Waals surface area contributed by atoms with E-state index in [1.807, 2.05) is 0 Å². The predicted molar refractivity (Wildman–Crippen MR) is 122 cm³/mol. The second-order valence-electron chi connectivity index (χ2n) is 12.5. The molecule has 1 N–H and O–H groups in total. The van der Waals surface area contributed by atoms with E-state index in [1.165, 1.54) is 25.7 Å². The summed E-state index contributed by atoms with van der Waals surface area (Å²) < 4.78 is 0. The van der Waals surface area contributed by atoms with Crippen LogP contribution in [0.1, 0.15) is 85.5 Å². The summed E-state index contributed by atoms with van der Waals surface area (Å²) in [6.07, 6.45) is 8.39. The number of aliphatic imine (C=N–C) groups is 1. The Morgan fingerprint density at radius 1 is 1.00 bits per heavy atom. The quantitative estimate of drug-likeness (QED) is 0.683. The number of hydrogen-bond donors (Lipinski definition) is 1. The maximum atomic E-state index is 13.3. The van der Waals surface area contributed by atoms with Crippen molar-refractivity contribution in [1.29, 1.82) is 0 Å². The van der Waals surface area contributed by atoms with Gasteiger partial charge >= 0.3 is 0 Å². The van der Waals surface area contributed by atoms with Crippen molar-refractivity contribution in [3.8, 4) is 0 Å².